The van der Waals surface area contributed by atoms with Crippen molar-refractivity contribution in [1.29, 1.82) is 0 Å². The first-order chi connectivity index (χ1) is 23.0. The monoisotopic (exact) mass is 641 g/mol. The molecular weight excluding hydrogens is 607 g/mol. The number of nitrogens with zero attached hydrogens (tertiary/aromatic N) is 3. The Balaban J connectivity index is 1.36. The molecule has 10 heteroatoms. The summed E-state index contributed by atoms with van der Waals surface area (Å²) in [5.41, 5.74) is 3.07. The number of hydrogen-bond donors (Lipinski definition) is 0. The van der Waals surface area contributed by atoms with E-state index in [9.17, 15) is 13.2 Å². The highest BCUT2D eigenvalue weighted by Crippen LogP contribution is 2.37. The molecule has 1 fully saturated rings. The van der Waals surface area contributed by atoms with Crippen molar-refractivity contribution in [3.05, 3.63) is 156 Å². The molecule has 2 heterocycles. The van der Waals surface area contributed by atoms with Crippen molar-refractivity contribution in [3.63, 3.8) is 0 Å². The third kappa shape index (κ3) is 7.86. The first-order valence-corrected chi connectivity index (χ1v) is 15.3. The van der Waals surface area contributed by atoms with Gasteiger partial charge in [-0.1, -0.05) is 102 Å². The van der Waals surface area contributed by atoms with Crippen LogP contribution in [0.15, 0.2) is 122 Å². The maximum absolute atomic E-state index is 14.2. The molecule has 0 radical (unpaired) electrons. The molecule has 1 saturated heterocycles. The van der Waals surface area contributed by atoms with Gasteiger partial charge in [0.15, 0.2) is 17.5 Å². The van der Waals surface area contributed by atoms with E-state index >= 15 is 0 Å². The van der Waals surface area contributed by atoms with E-state index in [0.29, 0.717) is 6.61 Å². The number of benzene rings is 4. The van der Waals surface area contributed by atoms with Crippen LogP contribution < -0.4 is 0 Å². The molecule has 1 aliphatic heterocycles. The topological polar surface area (TPSA) is 67.6 Å². The summed E-state index contributed by atoms with van der Waals surface area (Å²) in [6.45, 7) is 5.07. The van der Waals surface area contributed by atoms with E-state index < -0.39 is 47.9 Å². The minimum Gasteiger partial charge on any atom is -0.374 e. The van der Waals surface area contributed by atoms with Crippen LogP contribution >= 0.6 is 0 Å². The second-order valence-corrected chi connectivity index (χ2v) is 11.2. The van der Waals surface area contributed by atoms with Gasteiger partial charge in [0.2, 0.25) is 0 Å². The van der Waals surface area contributed by atoms with Crippen LogP contribution in [-0.4, -0.2) is 46.0 Å². The first kappa shape index (κ1) is 32.3. The van der Waals surface area contributed by atoms with Gasteiger partial charge >= 0.3 is 0 Å². The average molecular weight is 642 g/mol. The Kier molecular flexibility index (Phi) is 10.5. The molecular formula is C37H34F3N3O4. The minimum absolute atomic E-state index is 0.0335. The standard InChI is InChI=1S/C37H34F3N3O4/c1-2-32-36(45-22-26-14-8-4-9-15-26)35(43-20-31(41-42-43)28-18-29(38)34(40)30(39)19-28)37(46-23-27-16-10-5-11-17-27)33(47-32)24-44-21-25-12-6-3-7-13-25/h2-20,32-33,35-37H,1,21-24H2/t32-,33+,35-,36-,37-/m0/s1. The van der Waals surface area contributed by atoms with Crippen LogP contribution in [0.1, 0.15) is 22.7 Å². The van der Waals surface area contributed by atoms with Gasteiger partial charge in [-0.15, -0.1) is 11.7 Å². The molecule has 4 aromatic carbocycles. The fraction of sp³-hybridized carbons (Fsp3) is 0.243. The SMILES string of the molecule is C=C[C@@H]1O[C@H](COCc2ccccc2)[C@H](OCc2ccccc2)[C@@H](n2cc(-c3cc(F)c(F)c(F)c3)nn2)[C@H]1OCc1ccccc1. The van der Waals surface area contributed by atoms with Crippen molar-refractivity contribution in [2.75, 3.05) is 6.61 Å². The van der Waals surface area contributed by atoms with Gasteiger partial charge < -0.3 is 18.9 Å². The van der Waals surface area contributed by atoms with Crippen molar-refractivity contribution >= 4 is 0 Å². The smallest absolute Gasteiger partial charge is 0.194 e. The Hall–Kier alpha value is -4.61. The summed E-state index contributed by atoms with van der Waals surface area (Å²) in [5, 5.41) is 8.58. The lowest BCUT2D eigenvalue weighted by Crippen LogP contribution is -2.57. The van der Waals surface area contributed by atoms with Crippen molar-refractivity contribution in [2.24, 2.45) is 0 Å². The Morgan fingerprint density at radius 2 is 1.28 bits per heavy atom. The highest BCUT2D eigenvalue weighted by molar-refractivity contribution is 5.58. The van der Waals surface area contributed by atoms with Gasteiger partial charge in [-0.2, -0.15) is 0 Å². The summed E-state index contributed by atoms with van der Waals surface area (Å²) >= 11 is 0. The highest BCUT2D eigenvalue weighted by atomic mass is 19.2. The Morgan fingerprint density at radius 1 is 0.745 bits per heavy atom. The van der Waals surface area contributed by atoms with Crippen LogP contribution in [0.5, 0.6) is 0 Å². The summed E-state index contributed by atoms with van der Waals surface area (Å²) < 4.78 is 69.5. The van der Waals surface area contributed by atoms with Crippen LogP contribution in [-0.2, 0) is 38.8 Å². The van der Waals surface area contributed by atoms with E-state index in [-0.39, 0.29) is 31.1 Å². The lowest BCUT2D eigenvalue weighted by molar-refractivity contribution is -0.228. The van der Waals surface area contributed by atoms with Crippen molar-refractivity contribution in [1.82, 2.24) is 15.0 Å². The van der Waals surface area contributed by atoms with E-state index in [2.05, 4.69) is 16.9 Å². The maximum Gasteiger partial charge on any atom is 0.194 e. The van der Waals surface area contributed by atoms with Crippen molar-refractivity contribution in [3.8, 4) is 11.3 Å². The summed E-state index contributed by atoms with van der Waals surface area (Å²) in [6, 6.07) is 30.3. The van der Waals surface area contributed by atoms with Gasteiger partial charge in [0.1, 0.15) is 36.2 Å². The number of hydrogen-bond acceptors (Lipinski definition) is 6. The fourth-order valence-electron chi connectivity index (χ4n) is 5.64. The van der Waals surface area contributed by atoms with E-state index in [1.807, 2.05) is 91.0 Å². The molecule has 242 valence electrons. The quantitative estimate of drug-likeness (QED) is 0.0998. The lowest BCUT2D eigenvalue weighted by atomic mass is 9.91. The van der Waals surface area contributed by atoms with Gasteiger partial charge in [-0.05, 0) is 28.8 Å². The average Bonchev–Trinajstić information content (AvgIpc) is 3.60. The van der Waals surface area contributed by atoms with Crippen molar-refractivity contribution < 1.29 is 32.1 Å². The zero-order valence-corrected chi connectivity index (χ0v) is 25.5. The second-order valence-electron chi connectivity index (χ2n) is 11.2. The molecule has 0 N–H and O–H groups in total. The normalized spacial score (nSPS) is 21.0. The maximum atomic E-state index is 14.2. The zero-order valence-electron chi connectivity index (χ0n) is 25.5. The molecule has 1 aromatic heterocycles. The van der Waals surface area contributed by atoms with Gasteiger partial charge in [0.25, 0.3) is 0 Å². The van der Waals surface area contributed by atoms with E-state index in [4.69, 9.17) is 18.9 Å². The predicted octanol–water partition coefficient (Wildman–Crippen LogP) is 7.24. The molecule has 0 bridgehead atoms. The van der Waals surface area contributed by atoms with E-state index in [1.54, 1.807) is 17.0 Å². The molecule has 6 rings (SSSR count). The van der Waals surface area contributed by atoms with Crippen LogP contribution in [0.3, 0.4) is 0 Å². The Morgan fingerprint density at radius 3 is 1.83 bits per heavy atom. The highest BCUT2D eigenvalue weighted by Gasteiger charge is 2.48. The summed E-state index contributed by atoms with van der Waals surface area (Å²) in [6.07, 6.45) is 0.652. The zero-order chi connectivity index (χ0) is 32.6. The Bertz CT molecular complexity index is 1720. The predicted molar refractivity (Wildman–Crippen MR) is 169 cm³/mol. The summed E-state index contributed by atoms with van der Waals surface area (Å²) in [7, 11) is 0. The largest absolute Gasteiger partial charge is 0.374 e. The van der Waals surface area contributed by atoms with Gasteiger partial charge in [-0.3, -0.25) is 0 Å². The van der Waals surface area contributed by atoms with E-state index in [1.165, 1.54) is 0 Å². The number of halogens is 3. The minimum atomic E-state index is -1.55. The number of rotatable bonds is 13. The fourth-order valence-corrected chi connectivity index (χ4v) is 5.64. The molecule has 0 unspecified atom stereocenters. The number of ether oxygens (including phenoxy) is 4. The molecule has 5 aromatic rings. The summed E-state index contributed by atoms with van der Waals surface area (Å²) in [5.74, 6) is -4.20. The molecule has 5 atom stereocenters. The van der Waals surface area contributed by atoms with Crippen LogP contribution in [0, 0.1) is 17.5 Å². The molecule has 0 spiro atoms. The molecule has 0 saturated carbocycles. The Labute approximate surface area is 271 Å². The van der Waals surface area contributed by atoms with Gasteiger partial charge in [0.05, 0.1) is 32.6 Å². The molecule has 1 aliphatic rings. The third-order valence-electron chi connectivity index (χ3n) is 7.99. The van der Waals surface area contributed by atoms with E-state index in [0.717, 1.165) is 28.8 Å². The van der Waals surface area contributed by atoms with Crippen LogP contribution in [0.2, 0.25) is 0 Å². The molecule has 47 heavy (non-hydrogen) atoms. The van der Waals surface area contributed by atoms with Crippen molar-refractivity contribution in [2.45, 2.75) is 50.3 Å². The van der Waals surface area contributed by atoms with Crippen LogP contribution in [0.4, 0.5) is 13.2 Å². The molecule has 0 aliphatic carbocycles. The first-order valence-electron chi connectivity index (χ1n) is 15.3. The third-order valence-corrected chi connectivity index (χ3v) is 7.99. The molecule has 7 nitrogen and oxygen atoms in total. The van der Waals surface area contributed by atoms with Gasteiger partial charge in [0, 0.05) is 5.56 Å². The van der Waals surface area contributed by atoms with Gasteiger partial charge in [-0.25, -0.2) is 17.9 Å². The van der Waals surface area contributed by atoms with Crippen LogP contribution in [0.25, 0.3) is 11.3 Å². The lowest BCUT2D eigenvalue weighted by Gasteiger charge is -2.45. The number of aromatic nitrogens is 3. The second kappa shape index (κ2) is 15.3. The summed E-state index contributed by atoms with van der Waals surface area (Å²) in [4.78, 5) is 0. The molecule has 0 amide bonds.